The van der Waals surface area contributed by atoms with Gasteiger partial charge >= 0.3 is 5.97 Å². The van der Waals surface area contributed by atoms with Crippen LogP contribution in [0.1, 0.15) is 70.0 Å². The lowest BCUT2D eigenvalue weighted by Gasteiger charge is -2.36. The number of rotatable bonds is 7. The van der Waals surface area contributed by atoms with Gasteiger partial charge in [-0.25, -0.2) is 9.78 Å². The molecular formula is C29H39N3O4. The first-order valence-electron chi connectivity index (χ1n) is 13.0. The van der Waals surface area contributed by atoms with Crippen LogP contribution in [0.5, 0.6) is 5.88 Å². The Morgan fingerprint density at radius 3 is 2.39 bits per heavy atom. The van der Waals surface area contributed by atoms with Crippen LogP contribution >= 0.6 is 0 Å². The molecule has 1 aliphatic heterocycles. The lowest BCUT2D eigenvalue weighted by Crippen LogP contribution is -2.49. The Bertz CT molecular complexity index is 1050. The van der Waals surface area contributed by atoms with E-state index in [1.54, 1.807) is 18.2 Å². The summed E-state index contributed by atoms with van der Waals surface area (Å²) in [5.41, 5.74) is 1.48. The van der Waals surface area contributed by atoms with Gasteiger partial charge in [-0.1, -0.05) is 76.4 Å². The van der Waals surface area contributed by atoms with Crippen molar-refractivity contribution in [3.63, 3.8) is 0 Å². The van der Waals surface area contributed by atoms with Crippen molar-refractivity contribution in [1.29, 1.82) is 0 Å². The van der Waals surface area contributed by atoms with Crippen molar-refractivity contribution in [3.8, 4) is 5.88 Å². The number of nitrogens with one attached hydrogen (secondary N) is 1. The minimum Gasteiger partial charge on any atom is -0.481 e. The van der Waals surface area contributed by atoms with E-state index in [1.165, 1.54) is 0 Å². The van der Waals surface area contributed by atoms with Gasteiger partial charge in [-0.3, -0.25) is 4.79 Å². The van der Waals surface area contributed by atoms with Crippen LogP contribution in [-0.2, 0) is 16.1 Å². The third-order valence-electron chi connectivity index (χ3n) is 7.84. The highest BCUT2D eigenvalue weighted by Gasteiger charge is 2.58. The molecule has 0 spiro atoms. The number of hydrogen-bond donors (Lipinski definition) is 2. The Balaban J connectivity index is 1.80. The van der Waals surface area contributed by atoms with Crippen molar-refractivity contribution in [2.45, 2.75) is 77.5 Å². The van der Waals surface area contributed by atoms with Crippen LogP contribution in [-0.4, -0.2) is 46.1 Å². The zero-order chi connectivity index (χ0) is 25.9. The maximum Gasteiger partial charge on any atom is 0.326 e. The molecule has 36 heavy (non-hydrogen) atoms. The summed E-state index contributed by atoms with van der Waals surface area (Å²) < 4.78 is 5.45. The fourth-order valence-electron chi connectivity index (χ4n) is 6.26. The number of nitrogens with zero attached hydrogens (tertiary/aromatic N) is 2. The minimum absolute atomic E-state index is 0.0199. The molecule has 1 aromatic carbocycles. The number of benzene rings is 1. The molecule has 0 radical (unpaired) electrons. The summed E-state index contributed by atoms with van der Waals surface area (Å²) in [5, 5.41) is 14.2. The maximum absolute atomic E-state index is 14.1. The van der Waals surface area contributed by atoms with E-state index < -0.39 is 18.1 Å². The number of carbonyl (C=O) groups is 2. The second-order valence-corrected chi connectivity index (χ2v) is 11.2. The van der Waals surface area contributed by atoms with Crippen LogP contribution in [0.2, 0.25) is 0 Å². The smallest absolute Gasteiger partial charge is 0.326 e. The fraction of sp³-hybridized carbons (Fsp3) is 0.552. The molecule has 2 N–H and O–H groups in total. The molecule has 1 amide bonds. The molecule has 2 aromatic rings. The summed E-state index contributed by atoms with van der Waals surface area (Å²) in [5.74, 6) is -0.853. The second-order valence-electron chi connectivity index (χ2n) is 11.2. The predicted octanol–water partition coefficient (Wildman–Crippen LogP) is 4.83. The van der Waals surface area contributed by atoms with Crippen LogP contribution in [0.15, 0.2) is 48.7 Å². The van der Waals surface area contributed by atoms with Crippen molar-refractivity contribution in [2.24, 2.45) is 17.3 Å². The van der Waals surface area contributed by atoms with Crippen molar-refractivity contribution >= 4 is 11.9 Å². The fourth-order valence-corrected chi connectivity index (χ4v) is 6.26. The van der Waals surface area contributed by atoms with E-state index in [1.807, 2.05) is 42.5 Å². The van der Waals surface area contributed by atoms with Gasteiger partial charge in [-0.15, -0.1) is 0 Å². The van der Waals surface area contributed by atoms with Gasteiger partial charge in [0, 0.05) is 36.2 Å². The van der Waals surface area contributed by atoms with Gasteiger partial charge < -0.3 is 20.1 Å². The molecule has 1 aromatic heterocycles. The van der Waals surface area contributed by atoms with E-state index in [4.69, 9.17) is 4.74 Å². The van der Waals surface area contributed by atoms with E-state index >= 15 is 0 Å². The number of methoxy groups -OCH3 is 1. The first kappa shape index (κ1) is 26.1. The molecule has 1 saturated heterocycles. The Morgan fingerprint density at radius 1 is 1.08 bits per heavy atom. The highest BCUT2D eigenvalue weighted by Crippen LogP contribution is 2.49. The van der Waals surface area contributed by atoms with E-state index in [9.17, 15) is 14.7 Å². The summed E-state index contributed by atoms with van der Waals surface area (Å²) >= 11 is 0. The van der Waals surface area contributed by atoms with Crippen molar-refractivity contribution in [3.05, 3.63) is 59.8 Å². The van der Waals surface area contributed by atoms with E-state index in [2.05, 4.69) is 31.1 Å². The zero-order valence-corrected chi connectivity index (χ0v) is 21.8. The summed E-state index contributed by atoms with van der Waals surface area (Å²) in [7, 11) is 1.59. The van der Waals surface area contributed by atoms with Crippen molar-refractivity contribution < 1.29 is 19.4 Å². The SMILES string of the molecule is COc1ncccc1CN[C@@H]1[C@@H](C(C)(C)C)[C@H](C(=O)O)N(C(=O)C2CCCCC2)[C@@H]1c1ccccc1. The average molecular weight is 494 g/mol. The predicted molar refractivity (Wildman–Crippen MR) is 138 cm³/mol. The van der Waals surface area contributed by atoms with Crippen LogP contribution in [0.4, 0.5) is 0 Å². The molecule has 0 bridgehead atoms. The van der Waals surface area contributed by atoms with Crippen LogP contribution in [0.25, 0.3) is 0 Å². The van der Waals surface area contributed by atoms with Gasteiger partial charge in [-0.2, -0.15) is 0 Å². The number of carbonyl (C=O) groups excluding carboxylic acids is 1. The van der Waals surface area contributed by atoms with E-state index in [0.29, 0.717) is 12.4 Å². The van der Waals surface area contributed by atoms with Gasteiger partial charge in [0.2, 0.25) is 11.8 Å². The number of aromatic nitrogens is 1. The lowest BCUT2D eigenvalue weighted by atomic mass is 9.72. The molecule has 4 rings (SSSR count). The number of aliphatic carboxylic acids is 1. The topological polar surface area (TPSA) is 91.8 Å². The first-order chi connectivity index (χ1) is 17.2. The molecule has 7 heteroatoms. The number of amides is 1. The first-order valence-corrected chi connectivity index (χ1v) is 13.0. The molecule has 4 atom stereocenters. The normalized spacial score (nSPS) is 25.1. The number of carboxylic acids is 1. The van der Waals surface area contributed by atoms with Crippen LogP contribution in [0.3, 0.4) is 0 Å². The van der Waals surface area contributed by atoms with Gasteiger partial charge in [-0.05, 0) is 29.9 Å². The molecule has 1 saturated carbocycles. The number of pyridine rings is 1. The summed E-state index contributed by atoms with van der Waals surface area (Å²) in [6, 6.07) is 12.1. The van der Waals surface area contributed by atoms with Gasteiger partial charge in [0.15, 0.2) is 0 Å². The lowest BCUT2D eigenvalue weighted by molar-refractivity contribution is -0.154. The van der Waals surface area contributed by atoms with E-state index in [0.717, 1.165) is 43.2 Å². The van der Waals surface area contributed by atoms with Gasteiger partial charge in [0.25, 0.3) is 0 Å². The highest BCUT2D eigenvalue weighted by molar-refractivity contribution is 5.87. The zero-order valence-electron chi connectivity index (χ0n) is 21.8. The Morgan fingerprint density at radius 2 is 1.78 bits per heavy atom. The molecular weight excluding hydrogens is 454 g/mol. The third-order valence-corrected chi connectivity index (χ3v) is 7.84. The molecule has 2 heterocycles. The second kappa shape index (κ2) is 11.0. The molecule has 7 nitrogen and oxygen atoms in total. The molecule has 2 fully saturated rings. The third kappa shape index (κ3) is 5.26. The number of likely N-dealkylation sites (tertiary alicyclic amines) is 1. The van der Waals surface area contributed by atoms with Crippen LogP contribution in [0, 0.1) is 17.3 Å². The number of hydrogen-bond acceptors (Lipinski definition) is 5. The number of ether oxygens (including phenoxy) is 1. The monoisotopic (exact) mass is 493 g/mol. The standard InChI is InChI=1S/C29H39N3O4/c1-29(2,3)22-23(31-18-21-16-11-17-30-26(21)36-4)24(19-12-7-5-8-13-19)32(25(22)28(34)35)27(33)20-14-9-6-10-15-20/h5,7-8,11-13,16-17,20,22-25,31H,6,9-10,14-15,18H2,1-4H3,(H,34,35)/t22-,23-,24-,25-/m1/s1. The van der Waals surface area contributed by atoms with Crippen molar-refractivity contribution in [2.75, 3.05) is 7.11 Å². The maximum atomic E-state index is 14.1. The average Bonchev–Trinajstić information content (AvgIpc) is 3.24. The Labute approximate surface area is 214 Å². The van der Waals surface area contributed by atoms with Gasteiger partial charge in [0.1, 0.15) is 6.04 Å². The summed E-state index contributed by atoms with van der Waals surface area (Å²) in [6.07, 6.45) is 6.51. The quantitative estimate of drug-likeness (QED) is 0.574. The van der Waals surface area contributed by atoms with Crippen molar-refractivity contribution in [1.82, 2.24) is 15.2 Å². The summed E-state index contributed by atoms with van der Waals surface area (Å²) in [4.78, 5) is 33.0. The highest BCUT2D eigenvalue weighted by atomic mass is 16.5. The Kier molecular flexibility index (Phi) is 7.98. The molecule has 0 unspecified atom stereocenters. The number of carboxylic acid groups (broad SMARTS) is 1. The molecule has 194 valence electrons. The molecule has 2 aliphatic rings. The van der Waals surface area contributed by atoms with Gasteiger partial charge in [0.05, 0.1) is 13.2 Å². The molecule has 1 aliphatic carbocycles. The minimum atomic E-state index is -0.941. The van der Waals surface area contributed by atoms with E-state index in [-0.39, 0.29) is 29.2 Å². The Hall–Kier alpha value is -2.93. The summed E-state index contributed by atoms with van der Waals surface area (Å²) in [6.45, 7) is 6.67. The van der Waals surface area contributed by atoms with Crippen LogP contribution < -0.4 is 10.1 Å². The largest absolute Gasteiger partial charge is 0.481 e.